The summed E-state index contributed by atoms with van der Waals surface area (Å²) >= 11 is 12.4. The number of hydrogen-bond acceptors (Lipinski definition) is 2. The lowest BCUT2D eigenvalue weighted by atomic mass is 10.4. The van der Waals surface area contributed by atoms with E-state index in [0.29, 0.717) is 22.6 Å². The molecule has 0 radical (unpaired) electrons. The number of rotatable bonds is 6. The van der Waals surface area contributed by atoms with Gasteiger partial charge in [-0.1, -0.05) is 34.5 Å². The quantitative estimate of drug-likeness (QED) is 0.656. The van der Waals surface area contributed by atoms with Crippen molar-refractivity contribution in [3.05, 3.63) is 27.7 Å². The van der Waals surface area contributed by atoms with Crippen LogP contribution >= 0.6 is 43.5 Å². The van der Waals surface area contributed by atoms with Gasteiger partial charge in [-0.15, -0.1) is 0 Å². The molecule has 0 saturated heterocycles. The minimum atomic E-state index is -3.44. The van der Waals surface area contributed by atoms with Crippen molar-refractivity contribution in [3.8, 4) is 0 Å². The largest absolute Gasteiger partial charge is 0.243 e. The third-order valence-electron chi connectivity index (χ3n) is 2.42. The lowest BCUT2D eigenvalue weighted by molar-refractivity contribution is 0.428. The van der Waals surface area contributed by atoms with E-state index in [2.05, 4.69) is 31.9 Å². The zero-order valence-corrected chi connectivity index (χ0v) is 14.6. The molecule has 0 aliphatic rings. The molecule has 0 aliphatic heterocycles. The van der Waals surface area contributed by atoms with Gasteiger partial charge < -0.3 is 0 Å². The maximum atomic E-state index is 12.4. The van der Waals surface area contributed by atoms with Crippen LogP contribution in [0.3, 0.4) is 0 Å². The van der Waals surface area contributed by atoms with Crippen molar-refractivity contribution in [2.45, 2.75) is 18.2 Å². The van der Waals surface area contributed by atoms with Gasteiger partial charge in [0.25, 0.3) is 0 Å². The Morgan fingerprint density at radius 2 is 2.06 bits per heavy atom. The Balaban J connectivity index is 3.06. The van der Waals surface area contributed by atoms with Crippen molar-refractivity contribution < 1.29 is 8.42 Å². The summed E-state index contributed by atoms with van der Waals surface area (Å²) in [5.74, 6) is 0. The zero-order valence-electron chi connectivity index (χ0n) is 9.87. The van der Waals surface area contributed by atoms with Gasteiger partial charge in [-0.25, -0.2) is 8.42 Å². The molecule has 0 bridgehead atoms. The zero-order chi connectivity index (χ0) is 13.8. The number of sulfonamides is 1. The van der Waals surface area contributed by atoms with Crippen LogP contribution < -0.4 is 0 Å². The van der Waals surface area contributed by atoms with Crippen molar-refractivity contribution in [2.24, 2.45) is 0 Å². The Morgan fingerprint density at radius 1 is 1.39 bits per heavy atom. The smallest absolute Gasteiger partial charge is 0.207 e. The van der Waals surface area contributed by atoms with Crippen LogP contribution in [-0.4, -0.2) is 31.1 Å². The highest BCUT2D eigenvalue weighted by Gasteiger charge is 2.23. The Kier molecular flexibility index (Phi) is 6.61. The SMILES string of the molecule is CCN(CCCBr)S(=O)(=O)c1ccc(Cl)c(Br)c1. The fourth-order valence-corrected chi connectivity index (χ4v) is 3.88. The number of nitrogens with zero attached hydrogens (tertiary/aromatic N) is 1. The second kappa shape index (κ2) is 7.24. The molecule has 0 unspecified atom stereocenters. The molecule has 0 heterocycles. The van der Waals surface area contributed by atoms with E-state index >= 15 is 0 Å². The third-order valence-corrected chi connectivity index (χ3v) is 6.17. The molecule has 0 saturated carbocycles. The highest BCUT2D eigenvalue weighted by atomic mass is 79.9. The molecule has 7 heteroatoms. The number of hydrogen-bond donors (Lipinski definition) is 0. The first-order chi connectivity index (χ1) is 8.43. The van der Waals surface area contributed by atoms with E-state index in [1.165, 1.54) is 16.4 Å². The maximum absolute atomic E-state index is 12.4. The molecule has 0 N–H and O–H groups in total. The summed E-state index contributed by atoms with van der Waals surface area (Å²) in [5, 5.41) is 1.28. The fraction of sp³-hybridized carbons (Fsp3) is 0.455. The molecule has 0 atom stereocenters. The van der Waals surface area contributed by atoms with E-state index in [1.54, 1.807) is 6.07 Å². The average Bonchev–Trinajstić information content (AvgIpc) is 2.33. The molecule has 18 heavy (non-hydrogen) atoms. The number of benzene rings is 1. The van der Waals surface area contributed by atoms with Gasteiger partial charge in [0.1, 0.15) is 0 Å². The molecule has 0 amide bonds. The van der Waals surface area contributed by atoms with Crippen molar-refractivity contribution in [2.75, 3.05) is 18.4 Å². The van der Waals surface area contributed by atoms with Crippen LogP contribution in [0.25, 0.3) is 0 Å². The second-order valence-electron chi connectivity index (χ2n) is 3.62. The Labute approximate surface area is 130 Å². The fourth-order valence-electron chi connectivity index (χ4n) is 1.47. The molecule has 1 rings (SSSR count). The number of alkyl halides is 1. The van der Waals surface area contributed by atoms with E-state index in [-0.39, 0.29) is 4.90 Å². The Morgan fingerprint density at radius 3 is 2.56 bits per heavy atom. The van der Waals surface area contributed by atoms with Crippen molar-refractivity contribution in [3.63, 3.8) is 0 Å². The summed E-state index contributed by atoms with van der Waals surface area (Å²) in [4.78, 5) is 0.259. The lowest BCUT2D eigenvalue weighted by Gasteiger charge is -2.20. The van der Waals surface area contributed by atoms with Crippen LogP contribution in [0.2, 0.25) is 5.02 Å². The molecule has 0 aliphatic carbocycles. The van der Waals surface area contributed by atoms with Gasteiger partial charge in [0.2, 0.25) is 10.0 Å². The molecule has 102 valence electrons. The van der Waals surface area contributed by atoms with Crippen LogP contribution in [0, 0.1) is 0 Å². The van der Waals surface area contributed by atoms with E-state index in [4.69, 9.17) is 11.6 Å². The molecule has 0 fully saturated rings. The van der Waals surface area contributed by atoms with Gasteiger partial charge in [-0.2, -0.15) is 4.31 Å². The second-order valence-corrected chi connectivity index (χ2v) is 7.61. The van der Waals surface area contributed by atoms with Gasteiger partial charge in [0.15, 0.2) is 0 Å². The first-order valence-electron chi connectivity index (χ1n) is 5.44. The first kappa shape index (κ1) is 16.4. The molecule has 3 nitrogen and oxygen atoms in total. The Hall–Kier alpha value is 0.380. The first-order valence-corrected chi connectivity index (χ1v) is 9.18. The third kappa shape index (κ3) is 3.93. The normalized spacial score (nSPS) is 12.1. The van der Waals surface area contributed by atoms with Crippen LogP contribution in [0.15, 0.2) is 27.6 Å². The minimum Gasteiger partial charge on any atom is -0.207 e. The van der Waals surface area contributed by atoms with E-state index < -0.39 is 10.0 Å². The number of halogens is 3. The van der Waals surface area contributed by atoms with Gasteiger partial charge in [-0.05, 0) is 40.5 Å². The molecule has 1 aromatic rings. The lowest BCUT2D eigenvalue weighted by Crippen LogP contribution is -2.32. The molecule has 1 aromatic carbocycles. The highest BCUT2D eigenvalue weighted by molar-refractivity contribution is 9.10. The minimum absolute atomic E-state index is 0.259. The van der Waals surface area contributed by atoms with Crippen LogP contribution in [0.1, 0.15) is 13.3 Å². The predicted molar refractivity (Wildman–Crippen MR) is 82.0 cm³/mol. The van der Waals surface area contributed by atoms with E-state index in [0.717, 1.165) is 11.8 Å². The topological polar surface area (TPSA) is 37.4 Å². The predicted octanol–water partition coefficient (Wildman–Crippen LogP) is 3.90. The van der Waals surface area contributed by atoms with Gasteiger partial charge in [-0.3, -0.25) is 0 Å². The summed E-state index contributed by atoms with van der Waals surface area (Å²) in [6, 6.07) is 4.64. The van der Waals surface area contributed by atoms with E-state index in [1.807, 2.05) is 6.92 Å². The van der Waals surface area contributed by atoms with Crippen molar-refractivity contribution >= 4 is 53.5 Å². The monoisotopic (exact) mass is 417 g/mol. The summed E-state index contributed by atoms with van der Waals surface area (Å²) in [7, 11) is -3.44. The van der Waals surface area contributed by atoms with Crippen LogP contribution in [0.4, 0.5) is 0 Å². The average molecular weight is 420 g/mol. The molecular formula is C11H14Br2ClNO2S. The van der Waals surface area contributed by atoms with Gasteiger partial charge in [0.05, 0.1) is 9.92 Å². The van der Waals surface area contributed by atoms with Gasteiger partial charge >= 0.3 is 0 Å². The molecule has 0 spiro atoms. The van der Waals surface area contributed by atoms with Crippen LogP contribution in [0.5, 0.6) is 0 Å². The molecule has 0 aromatic heterocycles. The van der Waals surface area contributed by atoms with Crippen molar-refractivity contribution in [1.29, 1.82) is 0 Å². The summed E-state index contributed by atoms with van der Waals surface area (Å²) in [5.41, 5.74) is 0. The summed E-state index contributed by atoms with van der Waals surface area (Å²) < 4.78 is 26.8. The van der Waals surface area contributed by atoms with Gasteiger partial charge in [0, 0.05) is 22.9 Å². The molecular weight excluding hydrogens is 405 g/mol. The highest BCUT2D eigenvalue weighted by Crippen LogP contribution is 2.27. The summed E-state index contributed by atoms with van der Waals surface area (Å²) in [6.45, 7) is 2.79. The van der Waals surface area contributed by atoms with Crippen LogP contribution in [-0.2, 0) is 10.0 Å². The standard InChI is InChI=1S/C11H14Br2ClNO2S/c1-2-15(7-3-6-12)18(16,17)9-4-5-11(14)10(13)8-9/h4-5,8H,2-3,6-7H2,1H3. The maximum Gasteiger partial charge on any atom is 0.243 e. The van der Waals surface area contributed by atoms with E-state index in [9.17, 15) is 8.42 Å². The Bertz CT molecular complexity index is 508. The van der Waals surface area contributed by atoms with Crippen molar-refractivity contribution in [1.82, 2.24) is 4.31 Å². The summed E-state index contributed by atoms with van der Waals surface area (Å²) in [6.07, 6.45) is 0.780.